The molecule has 2 spiro atoms. The van der Waals surface area contributed by atoms with Gasteiger partial charge in [-0.3, -0.25) is 0 Å². The summed E-state index contributed by atoms with van der Waals surface area (Å²) in [5.41, 5.74) is 46.0. The van der Waals surface area contributed by atoms with Crippen molar-refractivity contribution < 1.29 is 9.47 Å². The van der Waals surface area contributed by atoms with Crippen LogP contribution >= 0.6 is 11.6 Å². The van der Waals surface area contributed by atoms with Gasteiger partial charge >= 0.3 is 0 Å². The molecule has 0 saturated heterocycles. The van der Waals surface area contributed by atoms with Gasteiger partial charge in [0.25, 0.3) is 0 Å². The standard InChI is InChI=1S/C65H47NO.C35H21ClO.C30H27N/c1-63(2)53-20-10-7-17-47(53)50-34-31-44(38-58(50)63)66(45-32-35-51-48-18-8-11-21-54(48)64(3,4)59(51)39-45)43-29-25-40(26-30-43)42-27-33-52-49-19-9-12-22-55(49)65(60(52)37-42)56-23-13-14-24-61(56)67-62-46-16-6-5-15-41(46)28-36-57(62)65;36-25-17-13-22(14-18-25)24-15-19-28-27-9-3-4-10-29(27)35(32(28)21-24)30-11-5-6-12-33(30)37-34-26-8-2-1-7-23(26)16-20-31(34)35;1-29(2)25-11-7-5-9-21(25)23-15-13-19(17-27(23)29)31-20-14-16-24-22-10-6-8-12-26(22)30(3,4)28(24)18-20/h5-39H,1-4H3;1-21H;5-18,31H,1-4H3. The highest BCUT2D eigenvalue weighted by Crippen LogP contribution is 2.67. The molecule has 0 bridgehead atoms. The Morgan fingerprint density at radius 3 is 0.881 bits per heavy atom. The van der Waals surface area contributed by atoms with Crippen LogP contribution in [0.1, 0.15) is 144 Å². The number of nitrogens with zero attached hydrogens (tertiary/aromatic N) is 1. The molecule has 0 fully saturated rings. The number of hydrogen-bond donors (Lipinski definition) is 1. The highest BCUT2D eigenvalue weighted by atomic mass is 35.5. The van der Waals surface area contributed by atoms with E-state index in [1.807, 2.05) is 12.1 Å². The molecule has 2 aliphatic heterocycles. The maximum absolute atomic E-state index is 6.93. The fraction of sp³-hybridized carbons (Fsp3) is 0.108. The highest BCUT2D eigenvalue weighted by molar-refractivity contribution is 6.30. The first-order valence-corrected chi connectivity index (χ1v) is 47.7. The molecule has 1 N–H and O–H groups in total. The lowest BCUT2D eigenvalue weighted by molar-refractivity contribution is 0.441. The Kier molecular flexibility index (Phi) is 17.7. The zero-order chi connectivity index (χ0) is 90.8. The van der Waals surface area contributed by atoms with Crippen LogP contribution in [0.3, 0.4) is 0 Å². The van der Waals surface area contributed by atoms with Gasteiger partial charge in [-0.05, 0) is 264 Å². The van der Waals surface area contributed by atoms with Crippen LogP contribution in [0.5, 0.6) is 23.0 Å². The summed E-state index contributed by atoms with van der Waals surface area (Å²) < 4.78 is 13.7. The number of halogens is 1. The zero-order valence-electron chi connectivity index (χ0n) is 76.6. The number of nitrogens with one attached hydrogen (secondary N) is 1. The molecule has 135 heavy (non-hydrogen) atoms. The summed E-state index contributed by atoms with van der Waals surface area (Å²) in [7, 11) is 0. The highest BCUT2D eigenvalue weighted by Gasteiger charge is 2.54. The second-order valence-electron chi connectivity index (χ2n) is 39.8. The molecule has 2 heterocycles. The molecule has 4 nitrogen and oxygen atoms in total. The van der Waals surface area contributed by atoms with Crippen LogP contribution in [0.2, 0.25) is 5.02 Å². The van der Waals surface area contributed by atoms with Gasteiger partial charge < -0.3 is 19.7 Å². The number of anilines is 5. The van der Waals surface area contributed by atoms with Crippen molar-refractivity contribution in [2.45, 2.75) is 87.9 Å². The number of benzene rings is 20. The second-order valence-corrected chi connectivity index (χ2v) is 40.2. The number of fused-ring (bicyclic) bond motifs is 34. The van der Waals surface area contributed by atoms with Crippen LogP contribution in [-0.4, -0.2) is 0 Å². The first-order valence-electron chi connectivity index (χ1n) is 47.3. The predicted octanol–water partition coefficient (Wildman–Crippen LogP) is 34.7. The zero-order valence-corrected chi connectivity index (χ0v) is 77.3. The van der Waals surface area contributed by atoms with Crippen LogP contribution in [-0.2, 0) is 32.5 Å². The third-order valence-electron chi connectivity index (χ3n) is 31.4. The van der Waals surface area contributed by atoms with Gasteiger partial charge in [0, 0.05) is 88.1 Å². The molecule has 0 amide bonds. The van der Waals surface area contributed by atoms with Crippen molar-refractivity contribution in [2.75, 3.05) is 10.2 Å². The maximum Gasteiger partial charge on any atom is 0.140 e. The number of ether oxygens (including phenoxy) is 2. The van der Waals surface area contributed by atoms with Crippen molar-refractivity contribution >= 4 is 61.6 Å². The third-order valence-corrected chi connectivity index (χ3v) is 31.7. The Morgan fingerprint density at radius 2 is 0.489 bits per heavy atom. The largest absolute Gasteiger partial charge is 0.456 e. The van der Waals surface area contributed by atoms with Gasteiger partial charge in [0.1, 0.15) is 23.0 Å². The third kappa shape index (κ3) is 11.7. The summed E-state index contributed by atoms with van der Waals surface area (Å²) >= 11 is 6.22. The van der Waals surface area contributed by atoms with Crippen molar-refractivity contribution in [3.63, 3.8) is 0 Å². The van der Waals surface area contributed by atoms with Crippen molar-refractivity contribution in [3.8, 4) is 112 Å². The molecule has 2 unspecified atom stereocenters. The summed E-state index contributed by atoms with van der Waals surface area (Å²) in [5.74, 6) is 3.69. The van der Waals surface area contributed by atoms with Crippen molar-refractivity contribution in [3.05, 3.63) is 519 Å². The Hall–Kier alpha value is -15.6. The molecule has 6 aliphatic carbocycles. The van der Waals surface area contributed by atoms with E-state index < -0.39 is 10.8 Å². The average molecular weight is 1750 g/mol. The molecule has 20 aromatic carbocycles. The SMILES string of the molecule is CC1(C)c2ccccc2-c2ccc(N(c3ccc(-c4ccc5c(c4)C4(c6ccccc6Oc6c4ccc4ccccc64)c4ccccc4-5)cc3)c3ccc4c(c3)C(C)(C)c3ccccc3-4)cc21.CC1(C)c2ccccc2-c2ccc(Nc3ccc4c(c3)C(C)(C)c3ccccc3-4)cc21.Clc1ccc(-c2ccc3c(c2)C2(c4ccccc4Oc4c2ccc2ccccc42)c2ccccc2-3)cc1. The fourth-order valence-electron chi connectivity index (χ4n) is 24.9. The van der Waals surface area contributed by atoms with Crippen LogP contribution in [0.25, 0.3) is 111 Å². The van der Waals surface area contributed by atoms with Gasteiger partial charge in [-0.1, -0.05) is 395 Å². The van der Waals surface area contributed by atoms with E-state index in [1.165, 1.54) is 183 Å². The average Bonchev–Trinajstić information content (AvgIpc) is 1.54. The Balaban J connectivity index is 0.000000117. The second kappa shape index (κ2) is 29.7. The van der Waals surface area contributed by atoms with Crippen LogP contribution in [0, 0.1) is 0 Å². The quantitative estimate of drug-likeness (QED) is 0.172. The maximum atomic E-state index is 6.93. The van der Waals surface area contributed by atoms with Gasteiger partial charge in [0.05, 0.1) is 10.8 Å². The summed E-state index contributed by atoms with van der Waals surface area (Å²) in [4.78, 5) is 2.47. The molecular formula is C130H95ClN2O2. The number of rotatable bonds is 7. The van der Waals surface area contributed by atoms with E-state index in [9.17, 15) is 0 Å². The summed E-state index contributed by atoms with van der Waals surface area (Å²) in [5, 5.41) is 9.05. The van der Waals surface area contributed by atoms with E-state index >= 15 is 0 Å². The normalized spacial score (nSPS) is 16.6. The van der Waals surface area contributed by atoms with Gasteiger partial charge in [-0.2, -0.15) is 0 Å². The van der Waals surface area contributed by atoms with Gasteiger partial charge in [0.2, 0.25) is 0 Å². The molecule has 0 saturated carbocycles. The Labute approximate surface area is 794 Å². The van der Waals surface area contributed by atoms with Crippen LogP contribution < -0.4 is 19.7 Å². The summed E-state index contributed by atoms with van der Waals surface area (Å²) in [6, 6.07) is 156. The number of hydrogen-bond acceptors (Lipinski definition) is 4. The topological polar surface area (TPSA) is 33.7 Å². The minimum absolute atomic E-state index is 0.0190. The lowest BCUT2D eigenvalue weighted by Gasteiger charge is -2.40. The smallest absolute Gasteiger partial charge is 0.140 e. The molecule has 8 aliphatic rings. The van der Waals surface area contributed by atoms with Gasteiger partial charge in [-0.15, -0.1) is 0 Å². The Bertz CT molecular complexity index is 8220. The van der Waals surface area contributed by atoms with Crippen LogP contribution in [0.4, 0.5) is 28.4 Å². The number of para-hydroxylation sites is 2. The monoisotopic (exact) mass is 1750 g/mol. The molecule has 28 rings (SSSR count). The first-order chi connectivity index (χ1) is 65.8. The minimum Gasteiger partial charge on any atom is -0.456 e. The predicted molar refractivity (Wildman–Crippen MR) is 560 cm³/mol. The van der Waals surface area contributed by atoms with Crippen molar-refractivity contribution in [1.29, 1.82) is 0 Å². The Morgan fingerprint density at radius 1 is 0.207 bits per heavy atom. The lowest BCUT2D eigenvalue weighted by atomic mass is 9.65. The van der Waals surface area contributed by atoms with Crippen molar-refractivity contribution in [1.82, 2.24) is 0 Å². The van der Waals surface area contributed by atoms with E-state index in [2.05, 4.69) is 478 Å². The molecule has 5 heteroatoms. The van der Waals surface area contributed by atoms with Crippen molar-refractivity contribution in [2.24, 2.45) is 0 Å². The summed E-state index contributed by atoms with van der Waals surface area (Å²) in [6.07, 6.45) is 0. The molecule has 0 radical (unpaired) electrons. The fourth-order valence-corrected chi connectivity index (χ4v) is 25.0. The van der Waals surface area contributed by atoms with E-state index in [0.29, 0.717) is 0 Å². The molecule has 20 aromatic rings. The minimum atomic E-state index is -0.561. The van der Waals surface area contributed by atoms with E-state index in [4.69, 9.17) is 21.1 Å². The van der Waals surface area contributed by atoms with Gasteiger partial charge in [-0.25, -0.2) is 0 Å². The first kappa shape index (κ1) is 80.3. The lowest BCUT2D eigenvalue weighted by Crippen LogP contribution is -2.32. The molecule has 2 atom stereocenters. The summed E-state index contributed by atoms with van der Waals surface area (Å²) in [6.45, 7) is 18.8. The molecular weight excluding hydrogens is 1660 g/mol. The van der Waals surface area contributed by atoms with Crippen LogP contribution in [0.15, 0.2) is 425 Å². The molecule has 644 valence electrons. The van der Waals surface area contributed by atoms with E-state index in [0.717, 1.165) is 72.8 Å². The van der Waals surface area contributed by atoms with Gasteiger partial charge in [0.15, 0.2) is 0 Å². The van der Waals surface area contributed by atoms with E-state index in [1.54, 1.807) is 0 Å². The van der Waals surface area contributed by atoms with E-state index in [-0.39, 0.29) is 21.7 Å². The molecule has 0 aromatic heterocycles.